The van der Waals surface area contributed by atoms with Gasteiger partial charge in [-0.05, 0) is 24.3 Å². The maximum atomic E-state index is 10.7. The number of pyridine rings is 1. The highest BCUT2D eigenvalue weighted by molar-refractivity contribution is 5.87. The Balaban J connectivity index is 1.67. The van der Waals surface area contributed by atoms with Crippen molar-refractivity contribution in [2.45, 2.75) is 6.54 Å². The van der Waals surface area contributed by atoms with Crippen molar-refractivity contribution in [3.8, 4) is 5.75 Å². The molecule has 0 spiro atoms. The van der Waals surface area contributed by atoms with Crippen LogP contribution in [-0.2, 0) is 6.54 Å². The van der Waals surface area contributed by atoms with Crippen LogP contribution in [0.5, 0.6) is 5.75 Å². The zero-order valence-electron chi connectivity index (χ0n) is 11.0. The number of para-hydroxylation sites is 1. The fourth-order valence-corrected chi connectivity index (χ4v) is 1.63. The van der Waals surface area contributed by atoms with Crippen molar-refractivity contribution >= 4 is 5.97 Å². The molecule has 0 amide bonds. The Labute approximate surface area is 117 Å². The molecule has 0 bridgehead atoms. The number of benzene rings is 1. The summed E-state index contributed by atoms with van der Waals surface area (Å²) in [4.78, 5) is 14.7. The molecule has 0 radical (unpaired) electrons. The number of carboxylic acids is 1. The van der Waals surface area contributed by atoms with Crippen molar-refractivity contribution in [1.29, 1.82) is 0 Å². The van der Waals surface area contributed by atoms with Crippen molar-refractivity contribution in [1.82, 2.24) is 10.3 Å². The molecule has 0 aliphatic heterocycles. The minimum Gasteiger partial charge on any atom is -0.492 e. The van der Waals surface area contributed by atoms with Crippen LogP contribution in [-0.4, -0.2) is 29.2 Å². The lowest BCUT2D eigenvalue weighted by Gasteiger charge is -2.07. The SMILES string of the molecule is O=C(O)c1ccc(CNCCOc2ccccc2)nc1. The van der Waals surface area contributed by atoms with Crippen LogP contribution in [0.25, 0.3) is 0 Å². The average molecular weight is 272 g/mol. The van der Waals surface area contributed by atoms with Gasteiger partial charge in [0.05, 0.1) is 11.3 Å². The lowest BCUT2D eigenvalue weighted by atomic mass is 10.2. The van der Waals surface area contributed by atoms with Crippen LogP contribution in [0.15, 0.2) is 48.7 Å². The summed E-state index contributed by atoms with van der Waals surface area (Å²) >= 11 is 0. The summed E-state index contributed by atoms with van der Waals surface area (Å²) in [6.45, 7) is 1.84. The number of nitrogens with zero attached hydrogens (tertiary/aromatic N) is 1. The predicted octanol–water partition coefficient (Wildman–Crippen LogP) is 1.95. The lowest BCUT2D eigenvalue weighted by molar-refractivity contribution is 0.0696. The second-order valence-electron chi connectivity index (χ2n) is 4.18. The number of carbonyl (C=O) groups is 1. The van der Waals surface area contributed by atoms with Gasteiger partial charge in [-0.15, -0.1) is 0 Å². The molecule has 1 aromatic carbocycles. The molecule has 0 aliphatic rings. The second kappa shape index (κ2) is 7.25. The number of rotatable bonds is 7. The maximum Gasteiger partial charge on any atom is 0.337 e. The topological polar surface area (TPSA) is 71.5 Å². The van der Waals surface area contributed by atoms with E-state index in [1.165, 1.54) is 6.20 Å². The first-order valence-electron chi connectivity index (χ1n) is 6.32. The standard InChI is InChI=1S/C15H16N2O3/c18-15(19)12-6-7-13(17-10-12)11-16-8-9-20-14-4-2-1-3-5-14/h1-7,10,16H,8-9,11H2,(H,18,19). The van der Waals surface area contributed by atoms with Gasteiger partial charge in [-0.25, -0.2) is 4.79 Å². The van der Waals surface area contributed by atoms with Crippen molar-refractivity contribution in [2.24, 2.45) is 0 Å². The van der Waals surface area contributed by atoms with Crippen molar-refractivity contribution in [2.75, 3.05) is 13.2 Å². The first-order valence-corrected chi connectivity index (χ1v) is 6.32. The highest BCUT2D eigenvalue weighted by Gasteiger charge is 2.02. The van der Waals surface area contributed by atoms with Crippen LogP contribution in [0.3, 0.4) is 0 Å². The molecule has 2 aromatic rings. The van der Waals surface area contributed by atoms with Crippen LogP contribution >= 0.6 is 0 Å². The summed E-state index contributed by atoms with van der Waals surface area (Å²) in [6, 6.07) is 12.9. The maximum absolute atomic E-state index is 10.7. The monoisotopic (exact) mass is 272 g/mol. The summed E-state index contributed by atoms with van der Waals surface area (Å²) < 4.78 is 5.53. The fraction of sp³-hybridized carbons (Fsp3) is 0.200. The van der Waals surface area contributed by atoms with Crippen LogP contribution in [0.1, 0.15) is 16.1 Å². The summed E-state index contributed by atoms with van der Waals surface area (Å²) in [6.07, 6.45) is 1.36. The number of ether oxygens (including phenoxy) is 1. The molecule has 1 heterocycles. The molecular formula is C15H16N2O3. The Morgan fingerprint density at radius 3 is 2.65 bits per heavy atom. The molecule has 2 N–H and O–H groups in total. The van der Waals surface area contributed by atoms with E-state index in [9.17, 15) is 4.79 Å². The number of carboxylic acid groups (broad SMARTS) is 1. The van der Waals surface area contributed by atoms with E-state index in [0.717, 1.165) is 11.4 Å². The van der Waals surface area contributed by atoms with Gasteiger partial charge in [-0.1, -0.05) is 18.2 Å². The van der Waals surface area contributed by atoms with Gasteiger partial charge in [0, 0.05) is 19.3 Å². The van der Waals surface area contributed by atoms with E-state index in [4.69, 9.17) is 9.84 Å². The quantitative estimate of drug-likeness (QED) is 0.754. The summed E-state index contributed by atoms with van der Waals surface area (Å²) in [7, 11) is 0. The van der Waals surface area contributed by atoms with Crippen molar-refractivity contribution < 1.29 is 14.6 Å². The molecule has 5 nitrogen and oxygen atoms in total. The third kappa shape index (κ3) is 4.37. The fourth-order valence-electron chi connectivity index (χ4n) is 1.63. The van der Waals surface area contributed by atoms with Gasteiger partial charge in [0.2, 0.25) is 0 Å². The van der Waals surface area contributed by atoms with E-state index in [1.54, 1.807) is 12.1 Å². The van der Waals surface area contributed by atoms with Crippen molar-refractivity contribution in [3.05, 3.63) is 59.9 Å². The Bertz CT molecular complexity index is 541. The van der Waals surface area contributed by atoms with E-state index in [0.29, 0.717) is 19.7 Å². The number of aromatic nitrogens is 1. The molecule has 0 fully saturated rings. The molecule has 104 valence electrons. The lowest BCUT2D eigenvalue weighted by Crippen LogP contribution is -2.21. The van der Waals surface area contributed by atoms with Gasteiger partial charge in [0.25, 0.3) is 0 Å². The third-order valence-corrected chi connectivity index (χ3v) is 2.67. The smallest absolute Gasteiger partial charge is 0.337 e. The molecule has 0 atom stereocenters. The van der Waals surface area contributed by atoms with Gasteiger partial charge in [0.1, 0.15) is 12.4 Å². The molecule has 0 unspecified atom stereocenters. The first-order chi connectivity index (χ1) is 9.75. The Hall–Kier alpha value is -2.40. The molecule has 5 heteroatoms. The highest BCUT2D eigenvalue weighted by atomic mass is 16.5. The second-order valence-corrected chi connectivity index (χ2v) is 4.18. The van der Waals surface area contributed by atoms with Crippen LogP contribution in [0.4, 0.5) is 0 Å². The molecule has 20 heavy (non-hydrogen) atoms. The van der Waals surface area contributed by atoms with Gasteiger partial charge < -0.3 is 15.2 Å². The van der Waals surface area contributed by atoms with E-state index in [2.05, 4.69) is 10.3 Å². The zero-order valence-corrected chi connectivity index (χ0v) is 11.0. The molecule has 0 saturated carbocycles. The van der Waals surface area contributed by atoms with Crippen LogP contribution < -0.4 is 10.1 Å². The van der Waals surface area contributed by atoms with E-state index in [1.807, 2.05) is 30.3 Å². The third-order valence-electron chi connectivity index (χ3n) is 2.67. The number of aromatic carboxylic acids is 1. The zero-order chi connectivity index (χ0) is 14.2. The Morgan fingerprint density at radius 2 is 2.00 bits per heavy atom. The van der Waals surface area contributed by atoms with Gasteiger partial charge in [-0.2, -0.15) is 0 Å². The Kier molecular flexibility index (Phi) is 5.08. The van der Waals surface area contributed by atoms with Crippen molar-refractivity contribution in [3.63, 3.8) is 0 Å². The van der Waals surface area contributed by atoms with E-state index >= 15 is 0 Å². The predicted molar refractivity (Wildman–Crippen MR) is 74.8 cm³/mol. The number of hydrogen-bond acceptors (Lipinski definition) is 4. The minimum absolute atomic E-state index is 0.196. The first kappa shape index (κ1) is 14.0. The van der Waals surface area contributed by atoms with E-state index < -0.39 is 5.97 Å². The van der Waals surface area contributed by atoms with Gasteiger partial charge >= 0.3 is 5.97 Å². The Morgan fingerprint density at radius 1 is 1.20 bits per heavy atom. The van der Waals surface area contributed by atoms with E-state index in [-0.39, 0.29) is 5.56 Å². The average Bonchev–Trinajstić information content (AvgIpc) is 2.48. The normalized spacial score (nSPS) is 10.2. The summed E-state index contributed by atoms with van der Waals surface area (Å²) in [5.74, 6) is -0.119. The highest BCUT2D eigenvalue weighted by Crippen LogP contribution is 2.07. The molecule has 0 saturated heterocycles. The summed E-state index contributed by atoms with van der Waals surface area (Å²) in [5, 5.41) is 11.9. The molecule has 1 aromatic heterocycles. The number of nitrogens with one attached hydrogen (secondary N) is 1. The minimum atomic E-state index is -0.965. The molecule has 2 rings (SSSR count). The number of hydrogen-bond donors (Lipinski definition) is 2. The van der Waals surface area contributed by atoms with Gasteiger partial charge in [-0.3, -0.25) is 4.98 Å². The summed E-state index contributed by atoms with van der Waals surface area (Å²) in [5.41, 5.74) is 0.996. The largest absolute Gasteiger partial charge is 0.492 e. The van der Waals surface area contributed by atoms with Gasteiger partial charge in [0.15, 0.2) is 0 Å². The van der Waals surface area contributed by atoms with Crippen LogP contribution in [0.2, 0.25) is 0 Å². The molecule has 0 aliphatic carbocycles. The molecular weight excluding hydrogens is 256 g/mol. The van der Waals surface area contributed by atoms with Crippen LogP contribution in [0, 0.1) is 0 Å².